The second kappa shape index (κ2) is 6.17. The summed E-state index contributed by atoms with van der Waals surface area (Å²) in [7, 11) is 0. The minimum absolute atomic E-state index is 0.0823. The SMILES string of the molecule is CC(C)Cc1ncc2c(n1)CN(C(=O)CCn1cnnn1)C2. The number of carbonyl (C=O) groups excluding carboxylic acids is 1. The Balaban J connectivity index is 1.60. The van der Waals surface area contributed by atoms with Crippen molar-refractivity contribution in [3.05, 3.63) is 29.6 Å². The molecule has 116 valence electrons. The van der Waals surface area contributed by atoms with E-state index in [0.29, 0.717) is 32.0 Å². The van der Waals surface area contributed by atoms with Crippen molar-refractivity contribution in [2.45, 2.75) is 46.3 Å². The molecule has 3 heterocycles. The lowest BCUT2D eigenvalue weighted by Crippen LogP contribution is -2.26. The normalized spacial score (nSPS) is 13.7. The Hall–Kier alpha value is -2.38. The average molecular weight is 301 g/mol. The largest absolute Gasteiger partial charge is 0.332 e. The molecule has 0 radical (unpaired) electrons. The van der Waals surface area contributed by atoms with Gasteiger partial charge in [0.2, 0.25) is 5.91 Å². The van der Waals surface area contributed by atoms with E-state index in [2.05, 4.69) is 39.3 Å². The molecule has 0 saturated carbocycles. The summed E-state index contributed by atoms with van der Waals surface area (Å²) in [5.41, 5.74) is 2.02. The second-order valence-corrected chi connectivity index (χ2v) is 5.93. The van der Waals surface area contributed by atoms with Crippen LogP contribution in [0.15, 0.2) is 12.5 Å². The van der Waals surface area contributed by atoms with E-state index >= 15 is 0 Å². The minimum atomic E-state index is 0.0823. The number of rotatable bonds is 5. The Labute approximate surface area is 128 Å². The first-order chi connectivity index (χ1) is 10.6. The van der Waals surface area contributed by atoms with Gasteiger partial charge in [0.25, 0.3) is 0 Å². The van der Waals surface area contributed by atoms with E-state index in [4.69, 9.17) is 0 Å². The van der Waals surface area contributed by atoms with E-state index in [1.807, 2.05) is 11.1 Å². The molecular formula is C14H19N7O. The molecule has 0 aliphatic carbocycles. The lowest BCUT2D eigenvalue weighted by atomic mass is 10.1. The van der Waals surface area contributed by atoms with Crippen LogP contribution >= 0.6 is 0 Å². The van der Waals surface area contributed by atoms with E-state index in [9.17, 15) is 4.79 Å². The molecule has 1 aliphatic heterocycles. The van der Waals surface area contributed by atoms with Gasteiger partial charge in [0.05, 0.1) is 18.8 Å². The van der Waals surface area contributed by atoms with Crippen LogP contribution in [0.4, 0.5) is 0 Å². The summed E-state index contributed by atoms with van der Waals surface area (Å²) < 4.78 is 1.56. The van der Waals surface area contributed by atoms with Gasteiger partial charge in [0, 0.05) is 31.1 Å². The minimum Gasteiger partial charge on any atom is -0.332 e. The number of nitrogens with zero attached hydrogens (tertiary/aromatic N) is 7. The highest BCUT2D eigenvalue weighted by Crippen LogP contribution is 2.21. The predicted octanol–water partition coefficient (Wildman–Crippen LogP) is 0.594. The predicted molar refractivity (Wildman–Crippen MR) is 77.3 cm³/mol. The molecule has 2 aromatic rings. The van der Waals surface area contributed by atoms with E-state index < -0.39 is 0 Å². The third-order valence-electron chi connectivity index (χ3n) is 3.60. The maximum atomic E-state index is 12.3. The van der Waals surface area contributed by atoms with Crippen LogP contribution in [-0.4, -0.2) is 41.0 Å². The van der Waals surface area contributed by atoms with Gasteiger partial charge in [-0.25, -0.2) is 14.6 Å². The number of hydrogen-bond donors (Lipinski definition) is 0. The van der Waals surface area contributed by atoms with Gasteiger partial charge in [0.1, 0.15) is 12.2 Å². The second-order valence-electron chi connectivity index (χ2n) is 5.93. The smallest absolute Gasteiger partial charge is 0.225 e. The monoisotopic (exact) mass is 301 g/mol. The van der Waals surface area contributed by atoms with Crippen LogP contribution in [0.25, 0.3) is 0 Å². The van der Waals surface area contributed by atoms with Crippen LogP contribution in [-0.2, 0) is 30.8 Å². The molecule has 1 aliphatic rings. The Bertz CT molecular complexity index is 653. The number of hydrogen-bond acceptors (Lipinski definition) is 6. The van der Waals surface area contributed by atoms with Crippen molar-refractivity contribution in [1.82, 2.24) is 35.1 Å². The van der Waals surface area contributed by atoms with Crippen molar-refractivity contribution in [3.8, 4) is 0 Å². The maximum absolute atomic E-state index is 12.3. The lowest BCUT2D eigenvalue weighted by Gasteiger charge is -2.14. The van der Waals surface area contributed by atoms with Gasteiger partial charge in [-0.05, 0) is 16.3 Å². The van der Waals surface area contributed by atoms with Gasteiger partial charge in [-0.2, -0.15) is 0 Å². The number of aryl methyl sites for hydroxylation is 1. The lowest BCUT2D eigenvalue weighted by molar-refractivity contribution is -0.132. The van der Waals surface area contributed by atoms with Crippen molar-refractivity contribution >= 4 is 5.91 Å². The third-order valence-corrected chi connectivity index (χ3v) is 3.60. The number of carbonyl (C=O) groups is 1. The molecule has 3 rings (SSSR count). The summed E-state index contributed by atoms with van der Waals surface area (Å²) in [6, 6.07) is 0. The molecule has 0 aromatic carbocycles. The Morgan fingerprint density at radius 1 is 1.36 bits per heavy atom. The molecule has 0 spiro atoms. The van der Waals surface area contributed by atoms with Gasteiger partial charge in [-0.15, -0.1) is 5.10 Å². The highest BCUT2D eigenvalue weighted by Gasteiger charge is 2.25. The van der Waals surface area contributed by atoms with Crippen molar-refractivity contribution in [3.63, 3.8) is 0 Å². The van der Waals surface area contributed by atoms with Crippen LogP contribution in [0.5, 0.6) is 0 Å². The van der Waals surface area contributed by atoms with E-state index in [-0.39, 0.29) is 5.91 Å². The molecular weight excluding hydrogens is 282 g/mol. The summed E-state index contributed by atoms with van der Waals surface area (Å²) in [4.78, 5) is 23.1. The first-order valence-corrected chi connectivity index (χ1v) is 7.44. The van der Waals surface area contributed by atoms with E-state index in [0.717, 1.165) is 23.5 Å². The molecule has 8 nitrogen and oxygen atoms in total. The van der Waals surface area contributed by atoms with E-state index in [1.165, 1.54) is 6.33 Å². The number of tetrazole rings is 1. The third kappa shape index (κ3) is 3.26. The summed E-state index contributed by atoms with van der Waals surface area (Å²) in [5.74, 6) is 1.46. The van der Waals surface area contributed by atoms with Crippen LogP contribution in [0, 0.1) is 5.92 Å². The first-order valence-electron chi connectivity index (χ1n) is 7.44. The van der Waals surface area contributed by atoms with Gasteiger partial charge in [0.15, 0.2) is 0 Å². The van der Waals surface area contributed by atoms with Crippen molar-refractivity contribution in [2.75, 3.05) is 0 Å². The molecule has 2 aromatic heterocycles. The van der Waals surface area contributed by atoms with Crippen LogP contribution in [0.3, 0.4) is 0 Å². The topological polar surface area (TPSA) is 89.7 Å². The number of fused-ring (bicyclic) bond motifs is 1. The van der Waals surface area contributed by atoms with Crippen molar-refractivity contribution in [1.29, 1.82) is 0 Å². The first kappa shape index (κ1) is 14.6. The fourth-order valence-corrected chi connectivity index (χ4v) is 2.49. The average Bonchev–Trinajstić information content (AvgIpc) is 3.12. The molecule has 0 unspecified atom stereocenters. The summed E-state index contributed by atoms with van der Waals surface area (Å²) in [6.07, 6.45) is 4.61. The standard InChI is InChI=1S/C14H19N7O/c1-10(2)5-13-15-6-11-7-20(8-12(11)17-13)14(22)3-4-21-9-16-18-19-21/h6,9-10H,3-5,7-8H2,1-2H3. The zero-order valence-electron chi connectivity index (χ0n) is 12.8. The van der Waals surface area contributed by atoms with E-state index in [1.54, 1.807) is 4.68 Å². The Kier molecular flexibility index (Phi) is 4.08. The van der Waals surface area contributed by atoms with Gasteiger partial charge in [-0.3, -0.25) is 4.79 Å². The fourth-order valence-electron chi connectivity index (χ4n) is 2.49. The molecule has 0 atom stereocenters. The molecule has 1 amide bonds. The highest BCUT2D eigenvalue weighted by molar-refractivity contribution is 5.76. The van der Waals surface area contributed by atoms with Crippen LogP contribution in [0.1, 0.15) is 37.4 Å². The van der Waals surface area contributed by atoms with Crippen molar-refractivity contribution < 1.29 is 4.79 Å². The van der Waals surface area contributed by atoms with Crippen LogP contribution < -0.4 is 0 Å². The summed E-state index contributed by atoms with van der Waals surface area (Å²) in [5, 5.41) is 10.9. The molecule has 0 bridgehead atoms. The van der Waals surface area contributed by atoms with Gasteiger partial charge >= 0.3 is 0 Å². The number of aromatic nitrogens is 6. The zero-order valence-corrected chi connectivity index (χ0v) is 12.8. The molecule has 0 N–H and O–H groups in total. The maximum Gasteiger partial charge on any atom is 0.225 e. The Morgan fingerprint density at radius 2 is 2.23 bits per heavy atom. The molecule has 0 saturated heterocycles. The van der Waals surface area contributed by atoms with Crippen LogP contribution in [0.2, 0.25) is 0 Å². The molecule has 8 heteroatoms. The Morgan fingerprint density at radius 3 is 2.95 bits per heavy atom. The summed E-state index contributed by atoms with van der Waals surface area (Å²) in [6.45, 7) is 5.93. The molecule has 22 heavy (non-hydrogen) atoms. The van der Waals surface area contributed by atoms with Crippen molar-refractivity contribution in [2.24, 2.45) is 5.92 Å². The molecule has 0 fully saturated rings. The number of amides is 1. The quantitative estimate of drug-likeness (QED) is 0.803. The van der Waals surface area contributed by atoms with Gasteiger partial charge in [-0.1, -0.05) is 13.8 Å². The summed E-state index contributed by atoms with van der Waals surface area (Å²) >= 11 is 0. The highest BCUT2D eigenvalue weighted by atomic mass is 16.2. The zero-order chi connectivity index (χ0) is 15.5. The fraction of sp³-hybridized carbons (Fsp3) is 0.571. The van der Waals surface area contributed by atoms with Gasteiger partial charge < -0.3 is 4.90 Å².